The number of aliphatic carboxylic acids is 1. The first-order chi connectivity index (χ1) is 7.50. The van der Waals surface area contributed by atoms with Gasteiger partial charge in [-0.1, -0.05) is 0 Å². The molecule has 7 heteroatoms. The zero-order valence-corrected chi connectivity index (χ0v) is 8.64. The molecule has 86 valence electrons. The molecule has 0 saturated carbocycles. The first-order valence-electron chi connectivity index (χ1n) is 4.55. The Hall–Kier alpha value is -2.18. The van der Waals surface area contributed by atoms with Gasteiger partial charge in [0, 0.05) is 19.7 Å². The molecule has 1 amide bonds. The van der Waals surface area contributed by atoms with Gasteiger partial charge >= 0.3 is 5.97 Å². The highest BCUT2D eigenvalue weighted by Gasteiger charge is 2.08. The number of hydrogen-bond acceptors (Lipinski definition) is 4. The fourth-order valence-electron chi connectivity index (χ4n) is 0.997. The normalized spacial score (nSPS) is 9.81. The van der Waals surface area contributed by atoms with Crippen LogP contribution in [0.5, 0.6) is 0 Å². The summed E-state index contributed by atoms with van der Waals surface area (Å²) in [6.45, 7) is 0.0265. The van der Waals surface area contributed by atoms with Crippen LogP contribution in [0.25, 0.3) is 0 Å². The van der Waals surface area contributed by atoms with Crippen molar-refractivity contribution in [3.63, 3.8) is 0 Å². The van der Waals surface area contributed by atoms with Gasteiger partial charge in [-0.15, -0.1) is 0 Å². The number of carboxylic acids is 1. The molecule has 0 radical (unpaired) electrons. The van der Waals surface area contributed by atoms with E-state index in [9.17, 15) is 14.4 Å². The molecule has 0 atom stereocenters. The van der Waals surface area contributed by atoms with Crippen LogP contribution in [-0.4, -0.2) is 33.3 Å². The average Bonchev–Trinajstić information content (AvgIpc) is 2.21. The number of rotatable bonds is 4. The van der Waals surface area contributed by atoms with Gasteiger partial charge < -0.3 is 10.4 Å². The summed E-state index contributed by atoms with van der Waals surface area (Å²) in [4.78, 5) is 32.6. The van der Waals surface area contributed by atoms with Crippen molar-refractivity contribution in [2.24, 2.45) is 7.05 Å². The van der Waals surface area contributed by atoms with Crippen molar-refractivity contribution in [1.82, 2.24) is 15.1 Å². The molecule has 0 aromatic carbocycles. The lowest BCUT2D eigenvalue weighted by Gasteiger charge is -2.03. The second-order valence-corrected chi connectivity index (χ2v) is 3.08. The smallest absolute Gasteiger partial charge is 0.305 e. The van der Waals surface area contributed by atoms with E-state index in [1.807, 2.05) is 0 Å². The van der Waals surface area contributed by atoms with Crippen molar-refractivity contribution in [2.75, 3.05) is 6.54 Å². The van der Waals surface area contributed by atoms with Gasteiger partial charge in [-0.2, -0.15) is 5.10 Å². The van der Waals surface area contributed by atoms with Crippen molar-refractivity contribution in [3.8, 4) is 0 Å². The second kappa shape index (κ2) is 5.06. The molecule has 0 spiro atoms. The van der Waals surface area contributed by atoms with E-state index in [4.69, 9.17) is 5.11 Å². The Morgan fingerprint density at radius 1 is 1.50 bits per heavy atom. The van der Waals surface area contributed by atoms with Crippen molar-refractivity contribution in [3.05, 3.63) is 28.2 Å². The first kappa shape index (κ1) is 11.9. The highest BCUT2D eigenvalue weighted by Crippen LogP contribution is 1.89. The van der Waals surface area contributed by atoms with Crippen molar-refractivity contribution >= 4 is 11.9 Å². The third kappa shape index (κ3) is 3.19. The minimum absolute atomic E-state index is 0.0265. The van der Waals surface area contributed by atoms with E-state index in [1.54, 1.807) is 0 Å². The monoisotopic (exact) mass is 225 g/mol. The SMILES string of the molecule is Cn1nc(C(=O)NCCC(=O)O)ccc1=O. The molecule has 0 aliphatic rings. The summed E-state index contributed by atoms with van der Waals surface area (Å²) in [7, 11) is 1.43. The fourth-order valence-corrected chi connectivity index (χ4v) is 0.997. The van der Waals surface area contributed by atoms with Gasteiger partial charge in [-0.25, -0.2) is 4.68 Å². The molecule has 1 rings (SSSR count). The lowest BCUT2D eigenvalue weighted by Crippen LogP contribution is -2.29. The number of amides is 1. The average molecular weight is 225 g/mol. The summed E-state index contributed by atoms with van der Waals surface area (Å²) < 4.78 is 1.03. The van der Waals surface area contributed by atoms with Crippen LogP contribution in [0.3, 0.4) is 0 Å². The van der Waals surface area contributed by atoms with Gasteiger partial charge in [-0.3, -0.25) is 14.4 Å². The van der Waals surface area contributed by atoms with Crippen LogP contribution in [0.1, 0.15) is 16.9 Å². The summed E-state index contributed by atoms with van der Waals surface area (Å²) in [6, 6.07) is 2.51. The number of carbonyl (C=O) groups excluding carboxylic acids is 1. The van der Waals surface area contributed by atoms with Gasteiger partial charge in [0.2, 0.25) is 0 Å². The van der Waals surface area contributed by atoms with Gasteiger partial charge in [-0.05, 0) is 6.07 Å². The first-order valence-corrected chi connectivity index (χ1v) is 4.55. The third-order valence-corrected chi connectivity index (χ3v) is 1.82. The Morgan fingerprint density at radius 2 is 2.19 bits per heavy atom. The van der Waals surface area contributed by atoms with E-state index < -0.39 is 11.9 Å². The Bertz CT molecular complexity index is 466. The molecule has 2 N–H and O–H groups in total. The van der Waals surface area contributed by atoms with Crippen LogP contribution in [0.4, 0.5) is 0 Å². The molecular weight excluding hydrogens is 214 g/mol. The third-order valence-electron chi connectivity index (χ3n) is 1.82. The maximum Gasteiger partial charge on any atom is 0.305 e. The van der Waals surface area contributed by atoms with Crippen LogP contribution in [-0.2, 0) is 11.8 Å². The molecule has 0 aliphatic heterocycles. The molecule has 0 saturated heterocycles. The Morgan fingerprint density at radius 3 is 2.75 bits per heavy atom. The molecule has 0 unspecified atom stereocenters. The van der Waals surface area contributed by atoms with Crippen LogP contribution in [0.15, 0.2) is 16.9 Å². The van der Waals surface area contributed by atoms with Crippen LogP contribution >= 0.6 is 0 Å². The number of aryl methyl sites for hydroxylation is 1. The number of aromatic nitrogens is 2. The van der Waals surface area contributed by atoms with Gasteiger partial charge in [0.25, 0.3) is 11.5 Å². The summed E-state index contributed by atoms with van der Waals surface area (Å²) >= 11 is 0. The summed E-state index contributed by atoms with van der Waals surface area (Å²) in [5.41, 5.74) is -0.241. The van der Waals surface area contributed by atoms with E-state index in [0.717, 1.165) is 4.68 Å². The zero-order valence-electron chi connectivity index (χ0n) is 8.64. The Balaban J connectivity index is 2.63. The molecule has 0 aliphatic carbocycles. The Kier molecular flexibility index (Phi) is 3.76. The number of nitrogens with one attached hydrogen (secondary N) is 1. The molecule has 16 heavy (non-hydrogen) atoms. The number of hydrogen-bond donors (Lipinski definition) is 2. The maximum atomic E-state index is 11.4. The maximum absolute atomic E-state index is 11.4. The van der Waals surface area contributed by atoms with E-state index in [0.29, 0.717) is 0 Å². The predicted molar refractivity (Wildman–Crippen MR) is 54.1 cm³/mol. The van der Waals surface area contributed by atoms with Gasteiger partial charge in [0.1, 0.15) is 5.69 Å². The van der Waals surface area contributed by atoms with Crippen LogP contribution < -0.4 is 10.9 Å². The minimum Gasteiger partial charge on any atom is -0.481 e. The quantitative estimate of drug-likeness (QED) is 0.683. The highest BCUT2D eigenvalue weighted by molar-refractivity contribution is 5.92. The summed E-state index contributed by atoms with van der Waals surface area (Å²) in [5.74, 6) is -1.49. The fraction of sp³-hybridized carbons (Fsp3) is 0.333. The van der Waals surface area contributed by atoms with Crippen LogP contribution in [0, 0.1) is 0 Å². The molecule has 1 aromatic rings. The molecule has 7 nitrogen and oxygen atoms in total. The van der Waals surface area contributed by atoms with Crippen LogP contribution in [0.2, 0.25) is 0 Å². The molecule has 1 heterocycles. The molecule has 0 bridgehead atoms. The molecule has 1 aromatic heterocycles. The standard InChI is InChI=1S/C9H11N3O4/c1-12-7(13)3-2-6(11-12)9(16)10-5-4-8(14)15/h2-3H,4-5H2,1H3,(H,10,16)(H,14,15). The number of nitrogens with zero attached hydrogens (tertiary/aromatic N) is 2. The largest absolute Gasteiger partial charge is 0.481 e. The van der Waals surface area contributed by atoms with Crippen molar-refractivity contribution in [1.29, 1.82) is 0 Å². The second-order valence-electron chi connectivity index (χ2n) is 3.08. The Labute approximate surface area is 90.7 Å². The van der Waals surface area contributed by atoms with E-state index in [-0.39, 0.29) is 24.2 Å². The molecule has 0 fully saturated rings. The van der Waals surface area contributed by atoms with Crippen molar-refractivity contribution in [2.45, 2.75) is 6.42 Å². The van der Waals surface area contributed by atoms with Gasteiger partial charge in [0.05, 0.1) is 6.42 Å². The lowest BCUT2D eigenvalue weighted by molar-refractivity contribution is -0.136. The highest BCUT2D eigenvalue weighted by atomic mass is 16.4. The number of carboxylic acid groups (broad SMARTS) is 1. The van der Waals surface area contributed by atoms with Crippen molar-refractivity contribution < 1.29 is 14.7 Å². The van der Waals surface area contributed by atoms with E-state index >= 15 is 0 Å². The minimum atomic E-state index is -0.992. The summed E-state index contributed by atoms with van der Waals surface area (Å²) in [5, 5.41) is 14.5. The summed E-state index contributed by atoms with van der Waals surface area (Å²) in [6.07, 6.45) is -0.155. The zero-order chi connectivity index (χ0) is 12.1. The van der Waals surface area contributed by atoms with E-state index in [1.165, 1.54) is 19.2 Å². The van der Waals surface area contributed by atoms with E-state index in [2.05, 4.69) is 10.4 Å². The molecular formula is C9H11N3O4. The predicted octanol–water partition coefficient (Wildman–Crippen LogP) is -1.02. The topological polar surface area (TPSA) is 101 Å². The lowest BCUT2D eigenvalue weighted by atomic mass is 10.3. The number of carbonyl (C=O) groups is 2. The van der Waals surface area contributed by atoms with Gasteiger partial charge in [0.15, 0.2) is 0 Å².